The van der Waals surface area contributed by atoms with E-state index in [0.29, 0.717) is 17.3 Å². The second-order valence-electron chi connectivity index (χ2n) is 5.38. The fraction of sp³-hybridized carbons (Fsp3) is 0.294. The molecule has 0 radical (unpaired) electrons. The number of halogens is 1. The third-order valence-corrected chi connectivity index (χ3v) is 4.07. The molecule has 4 heteroatoms. The number of nitrogens with one attached hydrogen (secondary N) is 1. The molecule has 0 aliphatic heterocycles. The van der Waals surface area contributed by atoms with Crippen LogP contribution < -0.4 is 5.32 Å². The standard InChI is InChI=1S/C17H16FN3/c18-15-8-6-13(7-9-15)16(12-3-1-4-12)21-17-14(11-19)5-2-10-20-17/h2,5-10,12,16H,1,3-4H2,(H,20,21). The van der Waals surface area contributed by atoms with Crippen molar-refractivity contribution in [3.8, 4) is 6.07 Å². The van der Waals surface area contributed by atoms with E-state index in [-0.39, 0.29) is 11.9 Å². The molecule has 3 nitrogen and oxygen atoms in total. The molecule has 21 heavy (non-hydrogen) atoms. The molecule has 0 amide bonds. The van der Waals surface area contributed by atoms with Gasteiger partial charge in [0.1, 0.15) is 17.7 Å². The van der Waals surface area contributed by atoms with E-state index < -0.39 is 0 Å². The van der Waals surface area contributed by atoms with Crippen LogP contribution in [0.4, 0.5) is 10.2 Å². The highest BCUT2D eigenvalue weighted by atomic mass is 19.1. The lowest BCUT2D eigenvalue weighted by molar-refractivity contribution is 0.276. The maximum Gasteiger partial charge on any atom is 0.144 e. The van der Waals surface area contributed by atoms with E-state index in [0.717, 1.165) is 18.4 Å². The number of hydrogen-bond acceptors (Lipinski definition) is 3. The van der Waals surface area contributed by atoms with Crippen molar-refractivity contribution in [1.29, 1.82) is 5.26 Å². The molecular weight excluding hydrogens is 265 g/mol. The maximum absolute atomic E-state index is 13.1. The first-order valence-corrected chi connectivity index (χ1v) is 7.15. The van der Waals surface area contributed by atoms with Gasteiger partial charge in [-0.15, -0.1) is 0 Å². The Morgan fingerprint density at radius 1 is 1.24 bits per heavy atom. The van der Waals surface area contributed by atoms with Gasteiger partial charge >= 0.3 is 0 Å². The topological polar surface area (TPSA) is 48.7 Å². The lowest BCUT2D eigenvalue weighted by atomic mass is 9.77. The molecule has 1 aliphatic rings. The number of anilines is 1. The molecular formula is C17H16FN3. The van der Waals surface area contributed by atoms with Crippen LogP contribution >= 0.6 is 0 Å². The third-order valence-electron chi connectivity index (χ3n) is 4.07. The Balaban J connectivity index is 1.89. The van der Waals surface area contributed by atoms with Gasteiger partial charge in [0.15, 0.2) is 0 Å². The molecule has 2 aromatic rings. The molecule has 1 heterocycles. The largest absolute Gasteiger partial charge is 0.362 e. The van der Waals surface area contributed by atoms with Gasteiger partial charge < -0.3 is 5.32 Å². The summed E-state index contributed by atoms with van der Waals surface area (Å²) in [5.74, 6) is 0.867. The summed E-state index contributed by atoms with van der Waals surface area (Å²) in [4.78, 5) is 4.27. The summed E-state index contributed by atoms with van der Waals surface area (Å²) in [5, 5.41) is 12.5. The van der Waals surface area contributed by atoms with E-state index in [1.165, 1.54) is 18.6 Å². The highest BCUT2D eigenvalue weighted by Gasteiger charge is 2.29. The van der Waals surface area contributed by atoms with E-state index in [1.54, 1.807) is 30.5 Å². The minimum atomic E-state index is -0.235. The van der Waals surface area contributed by atoms with Crippen LogP contribution in [0.5, 0.6) is 0 Å². The number of benzene rings is 1. The fourth-order valence-corrected chi connectivity index (χ4v) is 2.67. The van der Waals surface area contributed by atoms with E-state index in [4.69, 9.17) is 5.26 Å². The smallest absolute Gasteiger partial charge is 0.144 e. The zero-order chi connectivity index (χ0) is 14.7. The molecule has 1 aromatic carbocycles. The van der Waals surface area contributed by atoms with Gasteiger partial charge in [0.25, 0.3) is 0 Å². The summed E-state index contributed by atoms with van der Waals surface area (Å²) < 4.78 is 13.1. The maximum atomic E-state index is 13.1. The first kappa shape index (κ1) is 13.6. The van der Waals surface area contributed by atoms with Crippen molar-refractivity contribution >= 4 is 5.82 Å². The van der Waals surface area contributed by atoms with Gasteiger partial charge in [0, 0.05) is 6.20 Å². The highest BCUT2D eigenvalue weighted by Crippen LogP contribution is 2.39. The van der Waals surface area contributed by atoms with Crippen LogP contribution in [0.1, 0.15) is 36.4 Å². The Morgan fingerprint density at radius 2 is 2.00 bits per heavy atom. The van der Waals surface area contributed by atoms with Crippen LogP contribution in [-0.4, -0.2) is 4.98 Å². The molecule has 1 atom stereocenters. The minimum Gasteiger partial charge on any atom is -0.362 e. The molecule has 1 N–H and O–H groups in total. The zero-order valence-electron chi connectivity index (χ0n) is 11.6. The SMILES string of the molecule is N#Cc1cccnc1NC(c1ccc(F)cc1)C1CCC1. The van der Waals surface area contributed by atoms with Crippen LogP contribution in [0, 0.1) is 23.1 Å². The molecule has 3 rings (SSSR count). The third kappa shape index (κ3) is 2.87. The van der Waals surface area contributed by atoms with Crippen LogP contribution in [0.3, 0.4) is 0 Å². The summed E-state index contributed by atoms with van der Waals surface area (Å²) in [5.41, 5.74) is 1.57. The van der Waals surface area contributed by atoms with E-state index >= 15 is 0 Å². The Hall–Kier alpha value is -2.41. The monoisotopic (exact) mass is 281 g/mol. The Labute approximate surface area is 123 Å². The van der Waals surface area contributed by atoms with Crippen molar-refractivity contribution in [2.45, 2.75) is 25.3 Å². The zero-order valence-corrected chi connectivity index (χ0v) is 11.6. The van der Waals surface area contributed by atoms with Gasteiger partial charge in [-0.3, -0.25) is 0 Å². The molecule has 1 fully saturated rings. The van der Waals surface area contributed by atoms with Crippen molar-refractivity contribution in [2.75, 3.05) is 5.32 Å². The van der Waals surface area contributed by atoms with Crippen LogP contribution in [-0.2, 0) is 0 Å². The lowest BCUT2D eigenvalue weighted by Gasteiger charge is -2.35. The number of pyridine rings is 1. The van der Waals surface area contributed by atoms with E-state index in [9.17, 15) is 4.39 Å². The Bertz CT molecular complexity index is 656. The van der Waals surface area contributed by atoms with Crippen molar-refractivity contribution in [2.24, 2.45) is 5.92 Å². The first-order valence-electron chi connectivity index (χ1n) is 7.15. The van der Waals surface area contributed by atoms with Gasteiger partial charge in [0.05, 0.1) is 11.6 Å². The molecule has 0 spiro atoms. The molecule has 1 aliphatic carbocycles. The van der Waals surface area contributed by atoms with E-state index in [1.807, 2.05) is 0 Å². The summed E-state index contributed by atoms with van der Waals surface area (Å²) in [6.07, 6.45) is 5.18. The predicted molar refractivity (Wildman–Crippen MR) is 79.1 cm³/mol. The van der Waals surface area contributed by atoms with E-state index in [2.05, 4.69) is 16.4 Å². The quantitative estimate of drug-likeness (QED) is 0.919. The fourth-order valence-electron chi connectivity index (χ4n) is 2.67. The molecule has 106 valence electrons. The molecule has 1 aromatic heterocycles. The normalized spacial score (nSPS) is 15.8. The lowest BCUT2D eigenvalue weighted by Crippen LogP contribution is -2.27. The number of nitriles is 1. The summed E-state index contributed by atoms with van der Waals surface area (Å²) >= 11 is 0. The Kier molecular flexibility index (Phi) is 3.83. The van der Waals surface area contributed by atoms with Crippen molar-refractivity contribution in [3.63, 3.8) is 0 Å². The van der Waals surface area contributed by atoms with Gasteiger partial charge in [0.2, 0.25) is 0 Å². The molecule has 0 bridgehead atoms. The highest BCUT2D eigenvalue weighted by molar-refractivity contribution is 5.52. The second-order valence-corrected chi connectivity index (χ2v) is 5.38. The second kappa shape index (κ2) is 5.92. The summed E-state index contributed by atoms with van der Waals surface area (Å²) in [7, 11) is 0. The van der Waals surface area contributed by atoms with Crippen molar-refractivity contribution in [3.05, 3.63) is 59.5 Å². The van der Waals surface area contributed by atoms with Crippen LogP contribution in [0.2, 0.25) is 0 Å². The first-order chi connectivity index (χ1) is 10.3. The van der Waals surface area contributed by atoms with Gasteiger partial charge in [-0.1, -0.05) is 18.6 Å². The molecule has 0 saturated heterocycles. The van der Waals surface area contributed by atoms with Gasteiger partial charge in [-0.25, -0.2) is 9.37 Å². The van der Waals surface area contributed by atoms with Gasteiger partial charge in [-0.05, 0) is 48.6 Å². The summed E-state index contributed by atoms with van der Waals surface area (Å²) in [6.45, 7) is 0. The van der Waals surface area contributed by atoms with Crippen LogP contribution in [0.15, 0.2) is 42.6 Å². The minimum absolute atomic E-state index is 0.0707. The number of aromatic nitrogens is 1. The predicted octanol–water partition coefficient (Wildman–Crippen LogP) is 4.05. The van der Waals surface area contributed by atoms with Gasteiger partial charge in [-0.2, -0.15) is 5.26 Å². The Morgan fingerprint density at radius 3 is 2.62 bits per heavy atom. The average Bonchev–Trinajstić information content (AvgIpc) is 2.46. The number of nitrogens with zero attached hydrogens (tertiary/aromatic N) is 2. The van der Waals surface area contributed by atoms with Crippen LogP contribution in [0.25, 0.3) is 0 Å². The number of rotatable bonds is 4. The van der Waals surface area contributed by atoms with Crippen molar-refractivity contribution < 1.29 is 4.39 Å². The van der Waals surface area contributed by atoms with Crippen molar-refractivity contribution in [1.82, 2.24) is 4.98 Å². The molecule has 1 unspecified atom stereocenters. The molecule has 1 saturated carbocycles. The summed E-state index contributed by atoms with van der Waals surface area (Å²) in [6, 6.07) is 12.3. The number of hydrogen-bond donors (Lipinski definition) is 1. The average molecular weight is 281 g/mol.